The summed E-state index contributed by atoms with van der Waals surface area (Å²) in [4.78, 5) is 10.9. The van der Waals surface area contributed by atoms with Crippen LogP contribution in [0, 0.1) is 0 Å². The summed E-state index contributed by atoms with van der Waals surface area (Å²) in [7, 11) is 0.481. The summed E-state index contributed by atoms with van der Waals surface area (Å²) in [6.45, 7) is 0. The van der Waals surface area contributed by atoms with E-state index in [0.717, 1.165) is 27.6 Å². The van der Waals surface area contributed by atoms with E-state index in [-0.39, 0.29) is 0 Å². The monoisotopic (exact) mass is 388 g/mol. The Labute approximate surface area is 156 Å². The Bertz CT molecular complexity index is 973. The lowest BCUT2D eigenvalue weighted by Crippen LogP contribution is -2.67. The first kappa shape index (κ1) is 17.6. The van der Waals surface area contributed by atoms with E-state index in [1.54, 1.807) is 6.07 Å². The second-order valence-electron chi connectivity index (χ2n) is 5.25. The molecule has 3 rings (SSSR count). The van der Waals surface area contributed by atoms with E-state index in [0.29, 0.717) is 18.4 Å². The fraction of sp³-hybridized carbons (Fsp3) is 0. The van der Waals surface area contributed by atoms with Gasteiger partial charge in [0.25, 0.3) is 8.37 Å². The summed E-state index contributed by atoms with van der Waals surface area (Å²) in [5.41, 5.74) is 3.75. The van der Waals surface area contributed by atoms with Crippen LogP contribution in [0.1, 0.15) is 0 Å². The van der Waals surface area contributed by atoms with E-state index in [4.69, 9.17) is 28.3 Å². The highest BCUT2D eigenvalue weighted by molar-refractivity contribution is 7.34. The normalized spacial score (nSPS) is 11.0. The Hall–Kier alpha value is -2.19. The molecule has 1 amide bonds. The molecule has 0 radical (unpaired) electrons. The number of nitrogens with one attached hydrogen (secondary N) is 1. The molecule has 0 aliphatic heterocycles. The molecule has 3 aromatic carbocycles. The van der Waals surface area contributed by atoms with Crippen molar-refractivity contribution in [3.8, 4) is 22.3 Å². The molecule has 0 saturated carbocycles. The van der Waals surface area contributed by atoms with Crippen molar-refractivity contribution in [2.24, 2.45) is 0 Å². The molecule has 3 aromatic rings. The molecule has 0 heterocycles. The largest absolute Gasteiger partial charge is 0.594 e. The quantitative estimate of drug-likeness (QED) is 0.630. The van der Waals surface area contributed by atoms with Gasteiger partial charge in [0.15, 0.2) is 0 Å². The number of halogens is 2. The Morgan fingerprint density at radius 1 is 0.880 bits per heavy atom. The zero-order valence-electron chi connectivity index (χ0n) is 12.9. The molecule has 3 nitrogen and oxygen atoms in total. The molecule has 0 bridgehead atoms. The van der Waals surface area contributed by atoms with Gasteiger partial charge >= 0.3 is 6.09 Å². The summed E-state index contributed by atoms with van der Waals surface area (Å²) in [5, 5.41) is 11.0. The van der Waals surface area contributed by atoms with Gasteiger partial charge < -0.3 is 5.11 Å². The predicted octanol–water partition coefficient (Wildman–Crippen LogP) is 4.84. The smallest absolute Gasteiger partial charge is 0.427 e. The third-order valence-corrected chi connectivity index (χ3v) is 4.95. The number of carboxylic acid groups (broad SMARTS) is 1. The molecule has 0 aromatic heterocycles. The Morgan fingerprint density at radius 2 is 1.48 bits per heavy atom. The average molecular weight is 389 g/mol. The van der Waals surface area contributed by atoms with Crippen molar-refractivity contribution in [1.29, 1.82) is 0 Å². The number of amides is 1. The molecule has 25 heavy (non-hydrogen) atoms. The SMILES string of the molecule is O=C(O)[NH+]=Pc1cccc(-c2cccc(Cl)c2)c1-c1cccc(Cl)c1. The lowest BCUT2D eigenvalue weighted by Gasteiger charge is -2.12. The van der Waals surface area contributed by atoms with Crippen LogP contribution in [0.15, 0.2) is 66.7 Å². The Balaban J connectivity index is 2.28. The molecular formula is C19H13Cl2NO2P+. The summed E-state index contributed by atoms with van der Waals surface area (Å²) < 4.78 is 2.41. The van der Waals surface area contributed by atoms with E-state index in [1.807, 2.05) is 60.7 Å². The van der Waals surface area contributed by atoms with Gasteiger partial charge in [0.1, 0.15) is 0 Å². The van der Waals surface area contributed by atoms with Gasteiger partial charge in [0, 0.05) is 15.6 Å². The standard InChI is InChI=1S/C19H12Cl2NO2P/c20-14-6-1-4-12(10-14)16-8-3-9-17(25-22-19(23)24)18(16)13-5-2-7-15(21)11-13/h1-11H,(H,23,24)/p+1. The number of carbonyl (C=O) groups is 1. The Kier molecular flexibility index (Phi) is 5.50. The first-order chi connectivity index (χ1) is 12.0. The van der Waals surface area contributed by atoms with Gasteiger partial charge in [-0.05, 0) is 47.0 Å². The van der Waals surface area contributed by atoms with E-state index < -0.39 is 6.09 Å². The van der Waals surface area contributed by atoms with E-state index in [2.05, 4.69) is 4.74 Å². The second kappa shape index (κ2) is 7.79. The number of hydrogen-bond donors (Lipinski definition) is 2. The van der Waals surface area contributed by atoms with Gasteiger partial charge in [-0.2, -0.15) is 4.79 Å². The minimum absolute atomic E-state index is 0.481. The molecule has 0 fully saturated rings. The molecule has 6 heteroatoms. The minimum atomic E-state index is -1.08. The van der Waals surface area contributed by atoms with Crippen LogP contribution in [0.2, 0.25) is 10.0 Å². The topological polar surface area (TPSA) is 51.3 Å². The highest BCUT2D eigenvalue weighted by Crippen LogP contribution is 2.34. The summed E-state index contributed by atoms with van der Waals surface area (Å²) in [5.74, 6) is 0. The maximum absolute atomic E-state index is 10.9. The van der Waals surface area contributed by atoms with Gasteiger partial charge in [-0.1, -0.05) is 59.6 Å². The van der Waals surface area contributed by atoms with Gasteiger partial charge in [0.05, 0.1) is 5.30 Å². The summed E-state index contributed by atoms with van der Waals surface area (Å²) in [6.07, 6.45) is -1.08. The van der Waals surface area contributed by atoms with Gasteiger partial charge in [-0.25, -0.2) is 0 Å². The van der Waals surface area contributed by atoms with Crippen LogP contribution >= 0.6 is 31.6 Å². The van der Waals surface area contributed by atoms with E-state index in [9.17, 15) is 4.79 Å². The first-order valence-electron chi connectivity index (χ1n) is 7.39. The summed E-state index contributed by atoms with van der Waals surface area (Å²) in [6, 6.07) is 20.8. The van der Waals surface area contributed by atoms with E-state index >= 15 is 0 Å². The fourth-order valence-electron chi connectivity index (χ4n) is 2.59. The fourth-order valence-corrected chi connectivity index (χ4v) is 3.70. The number of rotatable bonds is 3. The van der Waals surface area contributed by atoms with Crippen LogP contribution in [0.25, 0.3) is 22.3 Å². The molecule has 124 valence electrons. The van der Waals surface area contributed by atoms with Gasteiger partial charge in [0.2, 0.25) is 0 Å². The van der Waals surface area contributed by atoms with Crippen molar-refractivity contribution in [2.75, 3.05) is 0 Å². The predicted molar refractivity (Wildman–Crippen MR) is 103 cm³/mol. The minimum Gasteiger partial charge on any atom is -0.427 e. The zero-order valence-corrected chi connectivity index (χ0v) is 15.3. The van der Waals surface area contributed by atoms with Crippen LogP contribution < -0.4 is 10.0 Å². The average Bonchev–Trinajstić information content (AvgIpc) is 2.59. The molecule has 2 N–H and O–H groups in total. The van der Waals surface area contributed by atoms with Crippen LogP contribution in [-0.2, 0) is 0 Å². The highest BCUT2D eigenvalue weighted by Gasteiger charge is 2.15. The maximum Gasteiger partial charge on any atom is 0.594 e. The molecule has 0 aliphatic carbocycles. The lowest BCUT2D eigenvalue weighted by atomic mass is 9.94. The van der Waals surface area contributed by atoms with Crippen molar-refractivity contribution in [3.05, 3.63) is 76.8 Å². The third kappa shape index (κ3) is 4.26. The molecule has 0 unspecified atom stereocenters. The third-order valence-electron chi connectivity index (χ3n) is 3.56. The molecule has 0 spiro atoms. The number of benzene rings is 3. The lowest BCUT2D eigenvalue weighted by molar-refractivity contribution is -0.334. The van der Waals surface area contributed by atoms with Crippen molar-refractivity contribution in [2.45, 2.75) is 0 Å². The maximum atomic E-state index is 10.9. The number of hydrogen-bond acceptors (Lipinski definition) is 1. The molecule has 0 aliphatic rings. The molecule has 0 saturated heterocycles. The van der Waals surface area contributed by atoms with Crippen molar-refractivity contribution < 1.29 is 14.6 Å². The van der Waals surface area contributed by atoms with Crippen LogP contribution in [0.4, 0.5) is 4.79 Å². The molecule has 0 atom stereocenters. The van der Waals surface area contributed by atoms with E-state index in [1.165, 1.54) is 0 Å². The highest BCUT2D eigenvalue weighted by atomic mass is 35.5. The van der Waals surface area contributed by atoms with Gasteiger partial charge in [-0.3, -0.25) is 0 Å². The first-order valence-corrected chi connectivity index (χ1v) is 9.04. The van der Waals surface area contributed by atoms with Crippen LogP contribution in [-0.4, -0.2) is 11.2 Å². The van der Waals surface area contributed by atoms with Crippen molar-refractivity contribution in [3.63, 3.8) is 0 Å². The second-order valence-corrected chi connectivity index (χ2v) is 7.05. The van der Waals surface area contributed by atoms with Crippen LogP contribution in [0.5, 0.6) is 0 Å². The summed E-state index contributed by atoms with van der Waals surface area (Å²) >= 11 is 12.3. The van der Waals surface area contributed by atoms with Crippen molar-refractivity contribution >= 4 is 43.0 Å². The van der Waals surface area contributed by atoms with Crippen LogP contribution in [0.3, 0.4) is 0 Å². The van der Waals surface area contributed by atoms with Gasteiger partial charge in [-0.15, -0.1) is 4.74 Å². The zero-order chi connectivity index (χ0) is 17.8. The molecular weight excluding hydrogens is 376 g/mol. The Morgan fingerprint density at radius 3 is 2.12 bits per heavy atom. The van der Waals surface area contributed by atoms with Crippen molar-refractivity contribution in [1.82, 2.24) is 0 Å².